The van der Waals surface area contributed by atoms with Crippen LogP contribution in [0.2, 0.25) is 0 Å². The summed E-state index contributed by atoms with van der Waals surface area (Å²) in [7, 11) is 0. The summed E-state index contributed by atoms with van der Waals surface area (Å²) in [5.41, 5.74) is 5.76. The summed E-state index contributed by atoms with van der Waals surface area (Å²) < 4.78 is 8.20. The number of aliphatic imine (C=N–C) groups is 1. The minimum atomic E-state index is 0.474. The molecule has 3 aromatic rings. The zero-order valence-corrected chi connectivity index (χ0v) is 13.1. The van der Waals surface area contributed by atoms with Gasteiger partial charge in [0, 0.05) is 5.69 Å². The Bertz CT molecular complexity index is 862. The first-order valence-electron chi connectivity index (χ1n) is 7.81. The second kappa shape index (κ2) is 5.76. The van der Waals surface area contributed by atoms with E-state index in [0.29, 0.717) is 13.2 Å². The van der Waals surface area contributed by atoms with E-state index in [-0.39, 0.29) is 0 Å². The highest BCUT2D eigenvalue weighted by molar-refractivity contribution is 6.01. The van der Waals surface area contributed by atoms with Crippen LogP contribution in [0.25, 0.3) is 5.69 Å². The van der Waals surface area contributed by atoms with Crippen LogP contribution in [0.15, 0.2) is 71.7 Å². The lowest BCUT2D eigenvalue weighted by atomic mass is 10.1. The molecule has 0 fully saturated rings. The quantitative estimate of drug-likeness (QED) is 0.713. The molecular formula is C20H18N2O. The maximum atomic E-state index is 5.92. The summed E-state index contributed by atoms with van der Waals surface area (Å²) in [5.74, 6) is 0.867. The molecule has 2 heterocycles. The zero-order valence-electron chi connectivity index (χ0n) is 13.1. The number of hydrogen-bond donors (Lipinski definition) is 0. The molecule has 1 aromatic heterocycles. The lowest BCUT2D eigenvalue weighted by Crippen LogP contribution is -2.16. The Balaban J connectivity index is 1.70. The van der Waals surface area contributed by atoms with E-state index < -0.39 is 0 Å². The van der Waals surface area contributed by atoms with Crippen LogP contribution in [0.1, 0.15) is 17.0 Å². The summed E-state index contributed by atoms with van der Waals surface area (Å²) in [4.78, 5) is 4.81. The van der Waals surface area contributed by atoms with Crippen LogP contribution in [-0.4, -0.2) is 16.9 Å². The standard InChI is InChI=1S/C20H18N2O/c1-15-11-12-20-18(14-23-17-8-3-2-4-9-17)21-13-16-7-5-6-10-19(16)22(15)20/h2-12H,13-14H2,1H3. The van der Waals surface area contributed by atoms with E-state index >= 15 is 0 Å². The molecule has 23 heavy (non-hydrogen) atoms. The van der Waals surface area contributed by atoms with Crippen molar-refractivity contribution in [1.82, 2.24) is 4.57 Å². The van der Waals surface area contributed by atoms with E-state index in [9.17, 15) is 0 Å². The van der Waals surface area contributed by atoms with Crippen LogP contribution < -0.4 is 4.74 Å². The molecule has 0 bridgehead atoms. The lowest BCUT2D eigenvalue weighted by molar-refractivity contribution is 0.376. The number of aromatic nitrogens is 1. The predicted octanol–water partition coefficient (Wildman–Crippen LogP) is 4.17. The summed E-state index contributed by atoms with van der Waals surface area (Å²) >= 11 is 0. The number of rotatable bonds is 3. The second-order valence-corrected chi connectivity index (χ2v) is 5.69. The Labute approximate surface area is 135 Å². The third-order valence-electron chi connectivity index (χ3n) is 4.16. The molecule has 0 saturated heterocycles. The van der Waals surface area contributed by atoms with Gasteiger partial charge in [0.1, 0.15) is 12.4 Å². The molecule has 1 aliphatic rings. The lowest BCUT2D eigenvalue weighted by Gasteiger charge is -2.13. The zero-order chi connectivity index (χ0) is 15.6. The molecule has 0 saturated carbocycles. The van der Waals surface area contributed by atoms with Crippen molar-refractivity contribution < 1.29 is 4.74 Å². The third-order valence-corrected chi connectivity index (χ3v) is 4.16. The van der Waals surface area contributed by atoms with Crippen LogP contribution in [0, 0.1) is 6.92 Å². The fourth-order valence-electron chi connectivity index (χ4n) is 3.00. The van der Waals surface area contributed by atoms with Crippen LogP contribution in [0.4, 0.5) is 0 Å². The molecule has 3 nitrogen and oxygen atoms in total. The minimum absolute atomic E-state index is 0.474. The maximum Gasteiger partial charge on any atom is 0.132 e. The van der Waals surface area contributed by atoms with Gasteiger partial charge in [-0.25, -0.2) is 0 Å². The van der Waals surface area contributed by atoms with Crippen molar-refractivity contribution in [2.45, 2.75) is 13.5 Å². The van der Waals surface area contributed by atoms with Crippen molar-refractivity contribution in [3.05, 3.63) is 83.7 Å². The number of nitrogens with zero attached hydrogens (tertiary/aromatic N) is 2. The van der Waals surface area contributed by atoms with Gasteiger partial charge in [-0.05, 0) is 42.8 Å². The largest absolute Gasteiger partial charge is 0.487 e. The Morgan fingerprint density at radius 3 is 2.61 bits per heavy atom. The smallest absolute Gasteiger partial charge is 0.132 e. The Morgan fingerprint density at radius 1 is 0.957 bits per heavy atom. The number of benzene rings is 2. The van der Waals surface area contributed by atoms with Gasteiger partial charge in [0.05, 0.1) is 23.6 Å². The molecule has 0 N–H and O–H groups in total. The second-order valence-electron chi connectivity index (χ2n) is 5.69. The SMILES string of the molecule is Cc1ccc2n1-c1ccccc1CN=C2COc1ccccc1. The van der Waals surface area contributed by atoms with E-state index in [2.05, 4.69) is 47.9 Å². The third kappa shape index (κ3) is 2.55. The van der Waals surface area contributed by atoms with E-state index in [1.54, 1.807) is 0 Å². The molecule has 0 atom stereocenters. The van der Waals surface area contributed by atoms with Gasteiger partial charge in [-0.1, -0.05) is 36.4 Å². The molecule has 0 aliphatic carbocycles. The molecule has 0 unspecified atom stereocenters. The monoisotopic (exact) mass is 302 g/mol. The highest BCUT2D eigenvalue weighted by atomic mass is 16.5. The van der Waals surface area contributed by atoms with E-state index in [1.807, 2.05) is 30.3 Å². The topological polar surface area (TPSA) is 26.5 Å². The van der Waals surface area contributed by atoms with Crippen LogP contribution in [0.3, 0.4) is 0 Å². The Hall–Kier alpha value is -2.81. The van der Waals surface area contributed by atoms with Crippen molar-refractivity contribution in [1.29, 1.82) is 0 Å². The average molecular weight is 302 g/mol. The highest BCUT2D eigenvalue weighted by Gasteiger charge is 2.18. The minimum Gasteiger partial charge on any atom is -0.487 e. The molecule has 0 radical (unpaired) electrons. The van der Waals surface area contributed by atoms with Gasteiger partial charge in [-0.15, -0.1) is 0 Å². The summed E-state index contributed by atoms with van der Waals surface area (Å²) in [6, 6.07) is 22.6. The van der Waals surface area contributed by atoms with Gasteiger partial charge in [0.2, 0.25) is 0 Å². The van der Waals surface area contributed by atoms with E-state index in [1.165, 1.54) is 16.9 Å². The first-order valence-corrected chi connectivity index (χ1v) is 7.81. The summed E-state index contributed by atoms with van der Waals surface area (Å²) in [6.45, 7) is 3.29. The molecule has 3 heteroatoms. The van der Waals surface area contributed by atoms with E-state index in [4.69, 9.17) is 9.73 Å². The maximum absolute atomic E-state index is 5.92. The normalized spacial score (nSPS) is 12.8. The molecule has 1 aliphatic heterocycles. The van der Waals surface area contributed by atoms with Crippen molar-refractivity contribution >= 4 is 5.71 Å². The van der Waals surface area contributed by atoms with Crippen LogP contribution in [-0.2, 0) is 6.54 Å². The van der Waals surface area contributed by atoms with E-state index in [0.717, 1.165) is 17.2 Å². The van der Waals surface area contributed by atoms with Gasteiger partial charge in [-0.2, -0.15) is 0 Å². The molecule has 2 aromatic carbocycles. The predicted molar refractivity (Wildman–Crippen MR) is 92.7 cm³/mol. The Morgan fingerprint density at radius 2 is 1.74 bits per heavy atom. The summed E-state index contributed by atoms with van der Waals surface area (Å²) in [6.07, 6.45) is 0. The first-order chi connectivity index (χ1) is 11.3. The molecule has 4 rings (SSSR count). The first kappa shape index (κ1) is 13.8. The van der Waals surface area contributed by atoms with Crippen LogP contribution >= 0.6 is 0 Å². The highest BCUT2D eigenvalue weighted by Crippen LogP contribution is 2.25. The van der Waals surface area contributed by atoms with Gasteiger partial charge in [-0.3, -0.25) is 4.99 Å². The van der Waals surface area contributed by atoms with Crippen molar-refractivity contribution in [2.24, 2.45) is 4.99 Å². The molecular weight excluding hydrogens is 284 g/mol. The molecule has 114 valence electrons. The van der Waals surface area contributed by atoms with Gasteiger partial charge in [0.25, 0.3) is 0 Å². The number of aryl methyl sites for hydroxylation is 1. The van der Waals surface area contributed by atoms with Crippen molar-refractivity contribution in [2.75, 3.05) is 6.61 Å². The number of fused-ring (bicyclic) bond motifs is 3. The Kier molecular flexibility index (Phi) is 3.46. The fraction of sp³-hybridized carbons (Fsp3) is 0.150. The van der Waals surface area contributed by atoms with Crippen molar-refractivity contribution in [3.8, 4) is 11.4 Å². The van der Waals surface area contributed by atoms with Crippen molar-refractivity contribution in [3.63, 3.8) is 0 Å². The fourth-order valence-corrected chi connectivity index (χ4v) is 3.00. The molecule has 0 amide bonds. The summed E-state index contributed by atoms with van der Waals surface area (Å²) in [5, 5.41) is 0. The molecule has 0 spiro atoms. The van der Waals surface area contributed by atoms with Gasteiger partial charge >= 0.3 is 0 Å². The average Bonchev–Trinajstić information content (AvgIpc) is 2.89. The number of hydrogen-bond acceptors (Lipinski definition) is 2. The number of para-hydroxylation sites is 2. The van der Waals surface area contributed by atoms with Crippen LogP contribution in [0.5, 0.6) is 5.75 Å². The van der Waals surface area contributed by atoms with Gasteiger partial charge in [0.15, 0.2) is 0 Å². The van der Waals surface area contributed by atoms with Gasteiger partial charge < -0.3 is 9.30 Å². The number of ether oxygens (including phenoxy) is 1.